The number of nitrogens with zero attached hydrogens (tertiary/aromatic N) is 1. The molecule has 0 saturated heterocycles. The highest BCUT2D eigenvalue weighted by Crippen LogP contribution is 2.46. The lowest BCUT2D eigenvalue weighted by molar-refractivity contribution is 0.0577. The Morgan fingerprint density at radius 2 is 1.88 bits per heavy atom. The van der Waals surface area contributed by atoms with Gasteiger partial charge in [0.1, 0.15) is 0 Å². The highest BCUT2D eigenvalue weighted by atomic mass is 15.2. The predicted molar refractivity (Wildman–Crippen MR) is 71.6 cm³/mol. The van der Waals surface area contributed by atoms with Crippen molar-refractivity contribution < 1.29 is 0 Å². The third-order valence-corrected chi connectivity index (χ3v) is 4.15. The maximum atomic E-state index is 6.12. The van der Waals surface area contributed by atoms with Gasteiger partial charge in [0.2, 0.25) is 0 Å². The van der Waals surface area contributed by atoms with Crippen molar-refractivity contribution in [2.24, 2.45) is 11.1 Å². The zero-order valence-corrected chi connectivity index (χ0v) is 11.8. The molecule has 0 aromatic heterocycles. The molecule has 1 unspecified atom stereocenters. The summed E-state index contributed by atoms with van der Waals surface area (Å²) in [6.45, 7) is 13.6. The molecular formula is C14H30N2. The molecule has 1 atom stereocenters. The van der Waals surface area contributed by atoms with Crippen LogP contribution in [0.25, 0.3) is 0 Å². The SMILES string of the molecule is CCCN(C(C)C)C1(CN)CCC(C)(C)C1. The molecule has 0 heterocycles. The van der Waals surface area contributed by atoms with Gasteiger partial charge in [-0.1, -0.05) is 20.8 Å². The molecule has 16 heavy (non-hydrogen) atoms. The molecule has 1 aliphatic rings. The summed E-state index contributed by atoms with van der Waals surface area (Å²) < 4.78 is 0. The van der Waals surface area contributed by atoms with E-state index in [1.807, 2.05) is 0 Å². The zero-order valence-electron chi connectivity index (χ0n) is 11.8. The van der Waals surface area contributed by atoms with Crippen molar-refractivity contribution in [2.75, 3.05) is 13.1 Å². The summed E-state index contributed by atoms with van der Waals surface area (Å²) in [6, 6.07) is 0.609. The summed E-state index contributed by atoms with van der Waals surface area (Å²) in [5.74, 6) is 0. The van der Waals surface area contributed by atoms with Crippen molar-refractivity contribution in [2.45, 2.75) is 71.9 Å². The van der Waals surface area contributed by atoms with E-state index in [2.05, 4.69) is 39.5 Å². The molecule has 96 valence electrons. The van der Waals surface area contributed by atoms with Gasteiger partial charge in [-0.2, -0.15) is 0 Å². The van der Waals surface area contributed by atoms with Crippen molar-refractivity contribution in [3.8, 4) is 0 Å². The summed E-state index contributed by atoms with van der Waals surface area (Å²) >= 11 is 0. The van der Waals surface area contributed by atoms with Crippen molar-refractivity contribution in [1.82, 2.24) is 4.90 Å². The molecule has 2 nitrogen and oxygen atoms in total. The molecule has 0 aromatic carbocycles. The molecular weight excluding hydrogens is 196 g/mol. The molecule has 1 fully saturated rings. The standard InChI is InChI=1S/C14H30N2/c1-6-9-16(12(2)3)14(11-15)8-7-13(4,5)10-14/h12H,6-11,15H2,1-5H3. The fourth-order valence-electron chi connectivity index (χ4n) is 3.46. The Morgan fingerprint density at radius 3 is 2.19 bits per heavy atom. The van der Waals surface area contributed by atoms with Gasteiger partial charge in [0.15, 0.2) is 0 Å². The Kier molecular flexibility index (Phi) is 4.42. The van der Waals surface area contributed by atoms with Gasteiger partial charge in [-0.05, 0) is 51.5 Å². The third-order valence-electron chi connectivity index (χ3n) is 4.15. The molecule has 0 aromatic rings. The molecule has 0 amide bonds. The Labute approximate surface area is 102 Å². The largest absolute Gasteiger partial charge is 0.329 e. The monoisotopic (exact) mass is 226 g/mol. The van der Waals surface area contributed by atoms with Gasteiger partial charge in [-0.3, -0.25) is 4.90 Å². The van der Waals surface area contributed by atoms with Crippen LogP contribution >= 0.6 is 0 Å². The molecule has 1 saturated carbocycles. The number of nitrogens with two attached hydrogens (primary N) is 1. The zero-order chi connectivity index (χ0) is 12.4. The van der Waals surface area contributed by atoms with Crippen molar-refractivity contribution in [3.63, 3.8) is 0 Å². The first-order valence-corrected chi connectivity index (χ1v) is 6.84. The van der Waals surface area contributed by atoms with Gasteiger partial charge >= 0.3 is 0 Å². The van der Waals surface area contributed by atoms with Gasteiger partial charge in [0.25, 0.3) is 0 Å². The lowest BCUT2D eigenvalue weighted by Crippen LogP contribution is -2.55. The van der Waals surface area contributed by atoms with E-state index in [4.69, 9.17) is 5.73 Å². The predicted octanol–water partition coefficient (Wildman–Crippen LogP) is 3.01. The van der Waals surface area contributed by atoms with Crippen molar-refractivity contribution in [1.29, 1.82) is 0 Å². The van der Waals surface area contributed by atoms with Gasteiger partial charge in [-0.25, -0.2) is 0 Å². The topological polar surface area (TPSA) is 29.3 Å². The molecule has 1 rings (SSSR count). The highest BCUT2D eigenvalue weighted by molar-refractivity contribution is 5.02. The van der Waals surface area contributed by atoms with E-state index >= 15 is 0 Å². The maximum absolute atomic E-state index is 6.12. The fraction of sp³-hybridized carbons (Fsp3) is 1.00. The van der Waals surface area contributed by atoms with E-state index in [1.165, 1.54) is 32.2 Å². The van der Waals surface area contributed by atoms with Crippen LogP contribution in [-0.4, -0.2) is 29.6 Å². The van der Waals surface area contributed by atoms with Gasteiger partial charge in [0, 0.05) is 18.1 Å². The van der Waals surface area contributed by atoms with Crippen LogP contribution in [0.2, 0.25) is 0 Å². The Hall–Kier alpha value is -0.0800. The number of hydrogen-bond donors (Lipinski definition) is 1. The summed E-state index contributed by atoms with van der Waals surface area (Å²) in [5.41, 5.74) is 6.86. The molecule has 2 heteroatoms. The summed E-state index contributed by atoms with van der Waals surface area (Å²) in [4.78, 5) is 2.65. The Morgan fingerprint density at radius 1 is 1.25 bits per heavy atom. The van der Waals surface area contributed by atoms with E-state index < -0.39 is 0 Å². The van der Waals surface area contributed by atoms with Gasteiger partial charge in [0.05, 0.1) is 0 Å². The summed E-state index contributed by atoms with van der Waals surface area (Å²) in [6.07, 6.45) is 5.07. The molecule has 2 N–H and O–H groups in total. The van der Waals surface area contributed by atoms with E-state index in [0.717, 1.165) is 6.54 Å². The van der Waals surface area contributed by atoms with E-state index in [-0.39, 0.29) is 5.54 Å². The first-order valence-electron chi connectivity index (χ1n) is 6.84. The lowest BCUT2D eigenvalue weighted by Gasteiger charge is -2.44. The van der Waals surface area contributed by atoms with E-state index in [9.17, 15) is 0 Å². The molecule has 0 aliphatic heterocycles. The minimum atomic E-state index is 0.272. The van der Waals surface area contributed by atoms with Crippen LogP contribution in [0, 0.1) is 5.41 Å². The van der Waals surface area contributed by atoms with Crippen LogP contribution in [0.3, 0.4) is 0 Å². The van der Waals surface area contributed by atoms with Crippen molar-refractivity contribution in [3.05, 3.63) is 0 Å². The second kappa shape index (κ2) is 5.05. The quantitative estimate of drug-likeness (QED) is 0.781. The van der Waals surface area contributed by atoms with Crippen LogP contribution in [0.5, 0.6) is 0 Å². The number of hydrogen-bond acceptors (Lipinski definition) is 2. The van der Waals surface area contributed by atoms with Crippen LogP contribution in [-0.2, 0) is 0 Å². The molecule has 0 bridgehead atoms. The average molecular weight is 226 g/mol. The normalized spacial score (nSPS) is 29.2. The highest BCUT2D eigenvalue weighted by Gasteiger charge is 2.46. The van der Waals surface area contributed by atoms with Crippen LogP contribution in [0.15, 0.2) is 0 Å². The Bertz CT molecular complexity index is 223. The Balaban J connectivity index is 2.86. The minimum absolute atomic E-state index is 0.272. The number of rotatable bonds is 5. The van der Waals surface area contributed by atoms with Crippen LogP contribution < -0.4 is 5.73 Å². The fourth-order valence-corrected chi connectivity index (χ4v) is 3.46. The molecule has 0 radical (unpaired) electrons. The first-order chi connectivity index (χ1) is 7.37. The van der Waals surface area contributed by atoms with Crippen LogP contribution in [0.1, 0.15) is 60.3 Å². The second-order valence-electron chi connectivity index (χ2n) is 6.56. The van der Waals surface area contributed by atoms with Gasteiger partial charge < -0.3 is 5.73 Å². The smallest absolute Gasteiger partial charge is 0.0339 e. The van der Waals surface area contributed by atoms with Crippen molar-refractivity contribution >= 4 is 0 Å². The van der Waals surface area contributed by atoms with Gasteiger partial charge in [-0.15, -0.1) is 0 Å². The third kappa shape index (κ3) is 2.78. The molecule has 0 spiro atoms. The first kappa shape index (κ1) is 14.0. The summed E-state index contributed by atoms with van der Waals surface area (Å²) in [5, 5.41) is 0. The van der Waals surface area contributed by atoms with E-state index in [0.29, 0.717) is 11.5 Å². The lowest BCUT2D eigenvalue weighted by atomic mass is 9.86. The second-order valence-corrected chi connectivity index (χ2v) is 6.56. The average Bonchev–Trinajstić information content (AvgIpc) is 2.51. The summed E-state index contributed by atoms with van der Waals surface area (Å²) in [7, 11) is 0. The molecule has 1 aliphatic carbocycles. The minimum Gasteiger partial charge on any atom is -0.329 e. The van der Waals surface area contributed by atoms with Crippen LogP contribution in [0.4, 0.5) is 0 Å². The maximum Gasteiger partial charge on any atom is 0.0339 e. The van der Waals surface area contributed by atoms with E-state index in [1.54, 1.807) is 0 Å².